The van der Waals surface area contributed by atoms with Crippen LogP contribution in [0, 0.1) is 0 Å². The molecule has 0 radical (unpaired) electrons. The van der Waals surface area contributed by atoms with Gasteiger partial charge in [-0.2, -0.15) is 0 Å². The molecule has 4 heteroatoms. The van der Waals surface area contributed by atoms with Gasteiger partial charge in [0.15, 0.2) is 0 Å². The molecule has 0 unspecified atom stereocenters. The van der Waals surface area contributed by atoms with Crippen LogP contribution >= 0.6 is 0 Å². The van der Waals surface area contributed by atoms with Crippen molar-refractivity contribution in [3.05, 3.63) is 29.8 Å². The number of rotatable bonds is 3. The van der Waals surface area contributed by atoms with E-state index in [0.29, 0.717) is 12.6 Å². The van der Waals surface area contributed by atoms with E-state index in [4.69, 9.17) is 10.5 Å². The monoisotopic (exact) mass is 220 g/mol. The molecule has 0 aromatic heterocycles. The van der Waals surface area contributed by atoms with Crippen LogP contribution in [0.25, 0.3) is 0 Å². The van der Waals surface area contributed by atoms with Gasteiger partial charge in [-0.05, 0) is 30.5 Å². The molecule has 1 aliphatic rings. The third-order valence-corrected chi connectivity index (χ3v) is 2.73. The van der Waals surface area contributed by atoms with Crippen molar-refractivity contribution in [3.8, 4) is 0 Å². The zero-order chi connectivity index (χ0) is 11.5. The van der Waals surface area contributed by atoms with Crippen molar-refractivity contribution in [1.82, 2.24) is 0 Å². The lowest BCUT2D eigenvalue weighted by molar-refractivity contribution is 0.178. The zero-order valence-electron chi connectivity index (χ0n) is 9.35. The summed E-state index contributed by atoms with van der Waals surface area (Å²) in [5.74, 6) is 0. The lowest BCUT2D eigenvalue weighted by Gasteiger charge is -2.20. The molecule has 2 rings (SSSR count). The van der Waals surface area contributed by atoms with Crippen LogP contribution in [-0.4, -0.2) is 19.2 Å². The first-order valence-electron chi connectivity index (χ1n) is 5.42. The highest BCUT2D eigenvalue weighted by Gasteiger charge is 2.34. The van der Waals surface area contributed by atoms with Crippen LogP contribution in [0.15, 0.2) is 24.3 Å². The van der Waals surface area contributed by atoms with Crippen LogP contribution in [0.5, 0.6) is 0 Å². The van der Waals surface area contributed by atoms with E-state index in [1.165, 1.54) is 7.11 Å². The number of hydrogen-bond acceptors (Lipinski definition) is 3. The lowest BCUT2D eigenvalue weighted by Crippen LogP contribution is -2.32. The van der Waals surface area contributed by atoms with E-state index in [-0.39, 0.29) is 6.09 Å². The molecule has 0 heterocycles. The summed E-state index contributed by atoms with van der Waals surface area (Å²) in [6.07, 6.45) is 1.81. The van der Waals surface area contributed by atoms with Gasteiger partial charge in [0, 0.05) is 18.3 Å². The van der Waals surface area contributed by atoms with E-state index in [2.05, 4.69) is 0 Å². The molecule has 0 bridgehead atoms. The van der Waals surface area contributed by atoms with Crippen LogP contribution in [0.3, 0.4) is 0 Å². The predicted octanol–water partition coefficient (Wildman–Crippen LogP) is 1.88. The first kappa shape index (κ1) is 11.0. The Kier molecular flexibility index (Phi) is 3.10. The molecule has 2 N–H and O–H groups in total. The fraction of sp³-hybridized carbons (Fsp3) is 0.417. The highest BCUT2D eigenvalue weighted by atomic mass is 16.5. The second-order valence-corrected chi connectivity index (χ2v) is 3.94. The average Bonchev–Trinajstić information content (AvgIpc) is 3.14. The highest BCUT2D eigenvalue weighted by molar-refractivity contribution is 5.88. The van der Waals surface area contributed by atoms with E-state index < -0.39 is 0 Å². The Labute approximate surface area is 95.0 Å². The summed E-state index contributed by atoms with van der Waals surface area (Å²) in [6, 6.07) is 8.01. The van der Waals surface area contributed by atoms with E-state index in [9.17, 15) is 4.79 Å². The standard InChI is InChI=1S/C12H16N2O2/c1-16-12(15)14(11-6-7-11)10-4-2-9(8-13)3-5-10/h2-5,11H,6-8,13H2,1H3. The Morgan fingerprint density at radius 1 is 1.44 bits per heavy atom. The van der Waals surface area contributed by atoms with Gasteiger partial charge >= 0.3 is 6.09 Å². The molecule has 0 atom stereocenters. The van der Waals surface area contributed by atoms with Gasteiger partial charge in [-0.1, -0.05) is 12.1 Å². The largest absolute Gasteiger partial charge is 0.452 e. The number of anilines is 1. The van der Waals surface area contributed by atoms with Crippen molar-refractivity contribution in [2.75, 3.05) is 12.0 Å². The molecule has 1 aromatic carbocycles. The number of ether oxygens (including phenoxy) is 1. The lowest BCUT2D eigenvalue weighted by atomic mass is 10.2. The maximum atomic E-state index is 11.6. The van der Waals surface area contributed by atoms with Gasteiger partial charge in [0.05, 0.1) is 7.11 Å². The zero-order valence-corrected chi connectivity index (χ0v) is 9.35. The van der Waals surface area contributed by atoms with Gasteiger partial charge in [-0.15, -0.1) is 0 Å². The minimum atomic E-state index is -0.289. The quantitative estimate of drug-likeness (QED) is 0.846. The number of amides is 1. The van der Waals surface area contributed by atoms with Crippen molar-refractivity contribution in [2.45, 2.75) is 25.4 Å². The van der Waals surface area contributed by atoms with E-state index in [1.807, 2.05) is 24.3 Å². The first-order valence-corrected chi connectivity index (χ1v) is 5.42. The Morgan fingerprint density at radius 2 is 2.06 bits per heavy atom. The molecule has 16 heavy (non-hydrogen) atoms. The highest BCUT2D eigenvalue weighted by Crippen LogP contribution is 2.32. The molecular weight excluding hydrogens is 204 g/mol. The van der Waals surface area contributed by atoms with Crippen molar-refractivity contribution < 1.29 is 9.53 Å². The number of hydrogen-bond donors (Lipinski definition) is 1. The fourth-order valence-corrected chi connectivity index (χ4v) is 1.69. The smallest absolute Gasteiger partial charge is 0.414 e. The minimum Gasteiger partial charge on any atom is -0.452 e. The first-order chi connectivity index (χ1) is 7.76. The van der Waals surface area contributed by atoms with Crippen molar-refractivity contribution in [2.24, 2.45) is 5.73 Å². The van der Waals surface area contributed by atoms with E-state index in [0.717, 1.165) is 24.1 Å². The third-order valence-electron chi connectivity index (χ3n) is 2.73. The predicted molar refractivity (Wildman–Crippen MR) is 62.2 cm³/mol. The number of methoxy groups -OCH3 is 1. The second kappa shape index (κ2) is 4.53. The molecule has 1 saturated carbocycles. The molecule has 1 amide bonds. The van der Waals surface area contributed by atoms with Crippen LogP contribution < -0.4 is 10.6 Å². The Bertz CT molecular complexity index is 371. The SMILES string of the molecule is COC(=O)N(c1ccc(CN)cc1)C1CC1. The summed E-state index contributed by atoms with van der Waals surface area (Å²) in [5.41, 5.74) is 7.47. The topological polar surface area (TPSA) is 55.6 Å². The molecule has 1 aliphatic carbocycles. The maximum Gasteiger partial charge on any atom is 0.414 e. The summed E-state index contributed by atoms with van der Waals surface area (Å²) in [5, 5.41) is 0. The number of nitrogens with zero attached hydrogens (tertiary/aromatic N) is 1. The van der Waals surface area contributed by atoms with E-state index >= 15 is 0 Å². The van der Waals surface area contributed by atoms with Gasteiger partial charge in [0.1, 0.15) is 0 Å². The second-order valence-electron chi connectivity index (χ2n) is 3.94. The fourth-order valence-electron chi connectivity index (χ4n) is 1.69. The Hall–Kier alpha value is -1.55. The third kappa shape index (κ3) is 2.17. The summed E-state index contributed by atoms with van der Waals surface area (Å²) in [7, 11) is 1.41. The van der Waals surface area contributed by atoms with Gasteiger partial charge < -0.3 is 10.5 Å². The van der Waals surface area contributed by atoms with Gasteiger partial charge in [0.2, 0.25) is 0 Å². The Balaban J connectivity index is 2.21. The summed E-state index contributed by atoms with van der Waals surface area (Å²) < 4.78 is 4.79. The molecule has 0 saturated heterocycles. The molecule has 0 spiro atoms. The molecule has 1 aromatic rings. The summed E-state index contributed by atoms with van der Waals surface area (Å²) in [4.78, 5) is 13.3. The van der Waals surface area contributed by atoms with Crippen molar-refractivity contribution in [3.63, 3.8) is 0 Å². The maximum absolute atomic E-state index is 11.6. The average molecular weight is 220 g/mol. The van der Waals surface area contributed by atoms with E-state index in [1.54, 1.807) is 4.90 Å². The number of carbonyl (C=O) groups is 1. The van der Waals surface area contributed by atoms with Gasteiger partial charge in [0.25, 0.3) is 0 Å². The minimum absolute atomic E-state index is 0.289. The number of carbonyl (C=O) groups excluding carboxylic acids is 1. The number of nitrogens with two attached hydrogens (primary N) is 1. The van der Waals surface area contributed by atoms with Gasteiger partial charge in [-0.25, -0.2) is 4.79 Å². The Morgan fingerprint density at radius 3 is 2.50 bits per heavy atom. The van der Waals surface area contributed by atoms with Crippen LogP contribution in [0.2, 0.25) is 0 Å². The van der Waals surface area contributed by atoms with Crippen molar-refractivity contribution >= 4 is 11.8 Å². The molecule has 4 nitrogen and oxygen atoms in total. The van der Waals surface area contributed by atoms with Gasteiger partial charge in [-0.3, -0.25) is 4.90 Å². The summed E-state index contributed by atoms with van der Waals surface area (Å²) in [6.45, 7) is 0.516. The van der Waals surface area contributed by atoms with Crippen LogP contribution in [-0.2, 0) is 11.3 Å². The van der Waals surface area contributed by atoms with Crippen molar-refractivity contribution in [1.29, 1.82) is 0 Å². The molecule has 86 valence electrons. The summed E-state index contributed by atoms with van der Waals surface area (Å²) >= 11 is 0. The normalized spacial score (nSPS) is 14.6. The molecular formula is C12H16N2O2. The molecule has 0 aliphatic heterocycles. The molecule has 1 fully saturated rings. The van der Waals surface area contributed by atoms with Crippen LogP contribution in [0.4, 0.5) is 10.5 Å². The number of benzene rings is 1. The van der Waals surface area contributed by atoms with Crippen LogP contribution in [0.1, 0.15) is 18.4 Å².